The molecular weight excluding hydrogens is 605 g/mol. The van der Waals surface area contributed by atoms with Gasteiger partial charge in [-0.3, -0.25) is 14.7 Å². The number of pyridine rings is 1. The van der Waals surface area contributed by atoms with E-state index in [0.29, 0.717) is 53.6 Å². The molecule has 1 amide bonds. The zero-order valence-electron chi connectivity index (χ0n) is 26.0. The lowest BCUT2D eigenvalue weighted by Gasteiger charge is -2.31. The molecule has 0 bridgehead atoms. The molecule has 4 aromatic rings. The number of carbonyl (C=O) groups is 1. The number of nitrogens with zero attached hydrogens (tertiary/aromatic N) is 6. The molecule has 2 aromatic carbocycles. The van der Waals surface area contributed by atoms with Crippen LogP contribution in [-0.4, -0.2) is 88.2 Å². The second-order valence-corrected chi connectivity index (χ2v) is 12.6. The summed E-state index contributed by atoms with van der Waals surface area (Å²) in [5.74, 6) is 1.14. The van der Waals surface area contributed by atoms with Crippen molar-refractivity contribution < 1.29 is 22.7 Å². The summed E-state index contributed by atoms with van der Waals surface area (Å²) in [5.41, 5.74) is 0.489. The van der Waals surface area contributed by atoms with Gasteiger partial charge in [0.1, 0.15) is 35.6 Å². The van der Waals surface area contributed by atoms with E-state index in [0.717, 1.165) is 25.0 Å². The van der Waals surface area contributed by atoms with Crippen LogP contribution in [0.3, 0.4) is 0 Å². The van der Waals surface area contributed by atoms with Crippen molar-refractivity contribution in [2.45, 2.75) is 37.0 Å². The lowest BCUT2D eigenvalue weighted by molar-refractivity contribution is -0.124. The van der Waals surface area contributed by atoms with Gasteiger partial charge in [0, 0.05) is 50.2 Å². The summed E-state index contributed by atoms with van der Waals surface area (Å²) in [6, 6.07) is 7.58. The van der Waals surface area contributed by atoms with E-state index >= 15 is 4.39 Å². The summed E-state index contributed by atoms with van der Waals surface area (Å²) >= 11 is 0. The predicted molar refractivity (Wildman–Crippen MR) is 175 cm³/mol. The van der Waals surface area contributed by atoms with Gasteiger partial charge in [-0.05, 0) is 42.5 Å². The third kappa shape index (κ3) is 5.08. The predicted octanol–water partition coefficient (Wildman–Crippen LogP) is 5.45. The first kappa shape index (κ1) is 30.7. The Balaban J connectivity index is 1.36. The maximum Gasteiger partial charge on any atom is 0.319 e. The van der Waals surface area contributed by atoms with Crippen molar-refractivity contribution in [2.75, 3.05) is 44.7 Å². The minimum atomic E-state index is -0.947. The van der Waals surface area contributed by atoms with Gasteiger partial charge >= 0.3 is 6.01 Å². The Kier molecular flexibility index (Phi) is 7.63. The van der Waals surface area contributed by atoms with Crippen molar-refractivity contribution in [3.63, 3.8) is 0 Å². The number of aromatic nitrogens is 3. The molecule has 0 saturated carbocycles. The molecule has 11 heteroatoms. The zero-order valence-corrected chi connectivity index (χ0v) is 26.0. The third-order valence-corrected chi connectivity index (χ3v) is 9.82. The molecule has 3 atom stereocenters. The molecule has 3 aliphatic rings. The van der Waals surface area contributed by atoms with Crippen LogP contribution in [0.15, 0.2) is 61.3 Å². The molecule has 0 spiro atoms. The average Bonchev–Trinajstić information content (AvgIpc) is 3.74. The van der Waals surface area contributed by atoms with E-state index in [1.54, 1.807) is 36.2 Å². The van der Waals surface area contributed by atoms with Crippen LogP contribution in [0.25, 0.3) is 32.9 Å². The SMILES string of the molecule is C#Cc1c(F)ccc2cccc(-c3ncc4c(N(C)[C@@H]5CN(C(=O)C=C)CC5=C)nc(OC[C@@]56CCCN5C[C@H](F)C6)nc4c3F)c12. The number of fused-ring (bicyclic) bond motifs is 3. The number of benzene rings is 2. The smallest absolute Gasteiger partial charge is 0.319 e. The molecule has 7 rings (SSSR count). The van der Waals surface area contributed by atoms with E-state index in [1.165, 1.54) is 18.3 Å². The van der Waals surface area contributed by atoms with Gasteiger partial charge in [0.05, 0.1) is 22.5 Å². The Bertz CT molecular complexity index is 2010. The van der Waals surface area contributed by atoms with Crippen LogP contribution >= 0.6 is 0 Å². The number of anilines is 1. The molecule has 0 radical (unpaired) electrons. The first-order chi connectivity index (χ1) is 22.6. The van der Waals surface area contributed by atoms with Crippen molar-refractivity contribution >= 4 is 33.4 Å². The fraction of sp³-hybridized carbons (Fsp3) is 0.333. The number of carbonyl (C=O) groups excluding carboxylic acids is 1. The Hall–Kier alpha value is -4.95. The van der Waals surface area contributed by atoms with Crippen LogP contribution in [0.5, 0.6) is 6.01 Å². The summed E-state index contributed by atoms with van der Waals surface area (Å²) in [4.78, 5) is 31.7. The van der Waals surface area contributed by atoms with Gasteiger partial charge in [0.25, 0.3) is 0 Å². The molecule has 5 heterocycles. The van der Waals surface area contributed by atoms with E-state index in [2.05, 4.69) is 33.9 Å². The molecule has 8 nitrogen and oxygen atoms in total. The summed E-state index contributed by atoms with van der Waals surface area (Å²) in [6.45, 7) is 9.72. The molecule has 0 N–H and O–H groups in total. The first-order valence-corrected chi connectivity index (χ1v) is 15.5. The summed E-state index contributed by atoms with van der Waals surface area (Å²) in [5, 5.41) is 1.29. The largest absolute Gasteiger partial charge is 0.461 e. The number of alkyl halides is 1. The number of amides is 1. The van der Waals surface area contributed by atoms with Crippen LogP contribution in [0.1, 0.15) is 24.8 Å². The maximum absolute atomic E-state index is 16.8. The Morgan fingerprint density at radius 3 is 2.87 bits per heavy atom. The molecule has 2 aromatic heterocycles. The van der Waals surface area contributed by atoms with Crippen LogP contribution in [0, 0.1) is 24.0 Å². The van der Waals surface area contributed by atoms with Crippen molar-refractivity contribution in [2.24, 2.45) is 0 Å². The van der Waals surface area contributed by atoms with Gasteiger partial charge in [-0.1, -0.05) is 43.3 Å². The Morgan fingerprint density at radius 2 is 2.09 bits per heavy atom. The van der Waals surface area contributed by atoms with Crippen LogP contribution in [0.2, 0.25) is 0 Å². The average molecular weight is 639 g/mol. The number of likely N-dealkylation sites (N-methyl/N-ethyl adjacent to an activating group) is 1. The molecule has 3 aliphatic heterocycles. The fourth-order valence-electron chi connectivity index (χ4n) is 7.48. The number of terminal acetylenes is 1. The Morgan fingerprint density at radius 1 is 1.26 bits per heavy atom. The monoisotopic (exact) mass is 638 g/mol. The highest BCUT2D eigenvalue weighted by Gasteiger charge is 2.49. The van der Waals surface area contributed by atoms with Gasteiger partial charge in [-0.2, -0.15) is 9.97 Å². The third-order valence-electron chi connectivity index (χ3n) is 9.82. The maximum atomic E-state index is 16.8. The van der Waals surface area contributed by atoms with E-state index in [-0.39, 0.29) is 41.3 Å². The van der Waals surface area contributed by atoms with Crippen molar-refractivity contribution in [1.29, 1.82) is 0 Å². The second-order valence-electron chi connectivity index (χ2n) is 12.6. The molecule has 0 aliphatic carbocycles. The first-order valence-electron chi connectivity index (χ1n) is 15.5. The molecule has 0 unspecified atom stereocenters. The van der Waals surface area contributed by atoms with Crippen molar-refractivity contribution in [1.82, 2.24) is 24.8 Å². The van der Waals surface area contributed by atoms with Gasteiger partial charge in [0.15, 0.2) is 5.82 Å². The normalized spacial score (nSPS) is 22.5. The van der Waals surface area contributed by atoms with Gasteiger partial charge in [0.2, 0.25) is 5.91 Å². The van der Waals surface area contributed by atoms with E-state index in [9.17, 15) is 13.6 Å². The van der Waals surface area contributed by atoms with Gasteiger partial charge in [-0.25, -0.2) is 13.2 Å². The number of halogens is 3. The minimum absolute atomic E-state index is 0.00741. The van der Waals surface area contributed by atoms with Gasteiger partial charge in [-0.15, -0.1) is 6.42 Å². The summed E-state index contributed by atoms with van der Waals surface area (Å²) < 4.78 is 52.3. The number of hydrogen-bond donors (Lipinski definition) is 0. The number of ether oxygens (including phenoxy) is 1. The van der Waals surface area contributed by atoms with Crippen LogP contribution < -0.4 is 9.64 Å². The highest BCUT2D eigenvalue weighted by molar-refractivity contribution is 6.02. The van der Waals surface area contributed by atoms with Crippen molar-refractivity contribution in [3.8, 4) is 29.6 Å². The van der Waals surface area contributed by atoms with E-state index in [4.69, 9.17) is 16.1 Å². The topological polar surface area (TPSA) is 74.7 Å². The second kappa shape index (κ2) is 11.7. The highest BCUT2D eigenvalue weighted by atomic mass is 19.1. The number of hydrogen-bond acceptors (Lipinski definition) is 7. The van der Waals surface area contributed by atoms with E-state index < -0.39 is 23.3 Å². The van der Waals surface area contributed by atoms with Crippen molar-refractivity contribution in [3.05, 3.63) is 78.5 Å². The molecule has 3 saturated heterocycles. The van der Waals surface area contributed by atoms with Crippen LogP contribution in [-0.2, 0) is 4.79 Å². The Labute approximate surface area is 270 Å². The summed E-state index contributed by atoms with van der Waals surface area (Å²) in [6.07, 6.45) is 9.53. The standard InChI is InChI=1S/C36H33F3N6O2/c1-5-24-27(38)12-11-22-9-7-10-25(30(22)24)32-31(39)33-26(16-40-32)34(43(4)28-19-44(17-21(28)3)29(46)6-2)42-35(41-33)47-20-36-13-8-14-45(36)18-23(37)15-36/h1,6-7,9-12,16,23,28H,2-3,8,13-15,17-20H2,4H3/t23-,28-,36+/m1/s1. The van der Waals surface area contributed by atoms with Crippen LogP contribution in [0.4, 0.5) is 19.0 Å². The summed E-state index contributed by atoms with van der Waals surface area (Å²) in [7, 11) is 1.78. The fourth-order valence-corrected chi connectivity index (χ4v) is 7.48. The molecule has 3 fully saturated rings. The molecular formula is C36H33F3N6O2. The highest BCUT2D eigenvalue weighted by Crippen LogP contribution is 2.41. The molecule has 240 valence electrons. The zero-order chi connectivity index (χ0) is 33.0. The molecule has 47 heavy (non-hydrogen) atoms. The number of likely N-dealkylation sites (tertiary alicyclic amines) is 1. The number of rotatable bonds is 7. The van der Waals surface area contributed by atoms with Gasteiger partial charge < -0.3 is 14.5 Å². The lowest BCUT2D eigenvalue weighted by Crippen LogP contribution is -2.43. The minimum Gasteiger partial charge on any atom is -0.461 e. The van der Waals surface area contributed by atoms with E-state index in [1.807, 2.05) is 4.90 Å². The lowest BCUT2D eigenvalue weighted by atomic mass is 9.95. The quantitative estimate of drug-likeness (QED) is 0.152.